The molecule has 0 bridgehead atoms. The highest BCUT2D eigenvalue weighted by Gasteiger charge is 2.15. The molecule has 0 spiro atoms. The molecule has 0 atom stereocenters. The van der Waals surface area contributed by atoms with E-state index in [0.717, 1.165) is 38.2 Å². The molecule has 2 heterocycles. The zero-order chi connectivity index (χ0) is 9.80. The molecule has 0 saturated carbocycles. The highest BCUT2D eigenvalue weighted by molar-refractivity contribution is 7.09. The highest BCUT2D eigenvalue weighted by atomic mass is 32.1. The number of hydrogen-bond donors (Lipinski definition) is 1. The van der Waals surface area contributed by atoms with Crippen LogP contribution in [0.4, 0.5) is 0 Å². The summed E-state index contributed by atoms with van der Waals surface area (Å²) < 4.78 is 0. The molecule has 0 aromatic carbocycles. The van der Waals surface area contributed by atoms with Crippen LogP contribution in [0.2, 0.25) is 0 Å². The predicted octanol–water partition coefficient (Wildman–Crippen LogP) is 1.57. The van der Waals surface area contributed by atoms with Gasteiger partial charge in [-0.1, -0.05) is 5.16 Å². The van der Waals surface area contributed by atoms with Crippen molar-refractivity contribution in [1.29, 1.82) is 0 Å². The third-order valence-electron chi connectivity index (χ3n) is 2.44. The first-order chi connectivity index (χ1) is 6.88. The maximum Gasteiger partial charge on any atom is 0.0794 e. The van der Waals surface area contributed by atoms with Crippen LogP contribution in [0.5, 0.6) is 0 Å². The van der Waals surface area contributed by atoms with E-state index in [-0.39, 0.29) is 0 Å². The Hall–Kier alpha value is -0.940. The Kier molecular flexibility index (Phi) is 3.10. The second-order valence-corrected chi connectivity index (χ2v) is 4.38. The maximum absolute atomic E-state index is 8.60. The predicted molar refractivity (Wildman–Crippen MR) is 55.8 cm³/mol. The number of thiazole rings is 1. The van der Waals surface area contributed by atoms with Crippen molar-refractivity contribution in [3.8, 4) is 0 Å². The van der Waals surface area contributed by atoms with Gasteiger partial charge in [0.1, 0.15) is 0 Å². The number of rotatable bonds is 2. The largest absolute Gasteiger partial charge is 0.411 e. The minimum atomic E-state index is 0.884. The normalized spacial score (nSPS) is 18.4. The SMILES string of the molecule is ON=C1CCN(Cc2cncs2)CC1. The number of nitrogens with zero attached hydrogens (tertiary/aromatic N) is 3. The second-order valence-electron chi connectivity index (χ2n) is 3.41. The number of hydrogen-bond acceptors (Lipinski definition) is 5. The van der Waals surface area contributed by atoms with E-state index in [9.17, 15) is 0 Å². The average molecular weight is 211 g/mol. The van der Waals surface area contributed by atoms with Gasteiger partial charge >= 0.3 is 0 Å². The maximum atomic E-state index is 8.60. The van der Waals surface area contributed by atoms with Gasteiger partial charge in [0.15, 0.2) is 0 Å². The van der Waals surface area contributed by atoms with Crippen LogP contribution in [0.1, 0.15) is 17.7 Å². The Morgan fingerprint density at radius 3 is 2.86 bits per heavy atom. The summed E-state index contributed by atoms with van der Waals surface area (Å²) in [5.74, 6) is 0. The Morgan fingerprint density at radius 2 is 2.29 bits per heavy atom. The minimum absolute atomic E-state index is 0.884. The van der Waals surface area contributed by atoms with E-state index in [1.54, 1.807) is 11.3 Å². The van der Waals surface area contributed by atoms with Crippen molar-refractivity contribution < 1.29 is 5.21 Å². The highest BCUT2D eigenvalue weighted by Crippen LogP contribution is 2.13. The van der Waals surface area contributed by atoms with E-state index in [0.29, 0.717) is 0 Å². The fourth-order valence-corrected chi connectivity index (χ4v) is 2.25. The third kappa shape index (κ3) is 2.30. The first-order valence-corrected chi connectivity index (χ1v) is 5.56. The average Bonchev–Trinajstić information content (AvgIpc) is 2.72. The number of piperidine rings is 1. The van der Waals surface area contributed by atoms with Gasteiger partial charge in [0.05, 0.1) is 11.2 Å². The minimum Gasteiger partial charge on any atom is -0.411 e. The van der Waals surface area contributed by atoms with E-state index < -0.39 is 0 Å². The zero-order valence-electron chi connectivity index (χ0n) is 7.89. The summed E-state index contributed by atoms with van der Waals surface area (Å²) >= 11 is 1.69. The molecule has 1 saturated heterocycles. The van der Waals surface area contributed by atoms with Gasteiger partial charge in [-0.05, 0) is 0 Å². The van der Waals surface area contributed by atoms with Crippen molar-refractivity contribution in [3.63, 3.8) is 0 Å². The molecular weight excluding hydrogens is 198 g/mol. The van der Waals surface area contributed by atoms with Crippen LogP contribution in [0.3, 0.4) is 0 Å². The van der Waals surface area contributed by atoms with Gasteiger partial charge in [-0.25, -0.2) is 0 Å². The molecule has 1 N–H and O–H groups in total. The third-order valence-corrected chi connectivity index (χ3v) is 3.20. The number of oxime groups is 1. The molecule has 0 amide bonds. The van der Waals surface area contributed by atoms with Crippen molar-refractivity contribution in [3.05, 3.63) is 16.6 Å². The molecule has 76 valence electrons. The molecule has 1 fully saturated rings. The Bertz CT molecular complexity index is 300. The summed E-state index contributed by atoms with van der Waals surface area (Å²) in [4.78, 5) is 7.71. The molecule has 5 heteroatoms. The molecule has 0 unspecified atom stereocenters. The van der Waals surface area contributed by atoms with Gasteiger partial charge in [-0.3, -0.25) is 9.88 Å². The van der Waals surface area contributed by atoms with Gasteiger partial charge in [0.2, 0.25) is 0 Å². The van der Waals surface area contributed by atoms with Gasteiger partial charge in [0, 0.05) is 43.5 Å². The van der Waals surface area contributed by atoms with Crippen LogP contribution in [0.15, 0.2) is 16.9 Å². The lowest BCUT2D eigenvalue weighted by Crippen LogP contribution is -2.33. The lowest BCUT2D eigenvalue weighted by molar-refractivity contribution is 0.258. The van der Waals surface area contributed by atoms with E-state index in [1.807, 2.05) is 11.7 Å². The summed E-state index contributed by atoms with van der Waals surface area (Å²) in [5.41, 5.74) is 2.78. The van der Waals surface area contributed by atoms with Crippen molar-refractivity contribution in [2.24, 2.45) is 5.16 Å². The van der Waals surface area contributed by atoms with Crippen LogP contribution >= 0.6 is 11.3 Å². The van der Waals surface area contributed by atoms with Crippen molar-refractivity contribution in [2.75, 3.05) is 13.1 Å². The van der Waals surface area contributed by atoms with Gasteiger partial charge in [-0.15, -0.1) is 11.3 Å². The second kappa shape index (κ2) is 4.52. The number of aromatic nitrogens is 1. The zero-order valence-corrected chi connectivity index (χ0v) is 8.70. The summed E-state index contributed by atoms with van der Waals surface area (Å²) in [7, 11) is 0. The van der Waals surface area contributed by atoms with E-state index in [4.69, 9.17) is 5.21 Å². The summed E-state index contributed by atoms with van der Waals surface area (Å²) in [6.45, 7) is 2.94. The Morgan fingerprint density at radius 1 is 1.50 bits per heavy atom. The molecule has 4 nitrogen and oxygen atoms in total. The smallest absolute Gasteiger partial charge is 0.0794 e. The lowest BCUT2D eigenvalue weighted by atomic mass is 10.1. The molecular formula is C9H13N3OS. The Balaban J connectivity index is 1.84. The fraction of sp³-hybridized carbons (Fsp3) is 0.556. The topological polar surface area (TPSA) is 48.7 Å². The Labute approximate surface area is 86.9 Å². The van der Waals surface area contributed by atoms with Crippen LogP contribution in [-0.4, -0.2) is 33.9 Å². The van der Waals surface area contributed by atoms with Crippen molar-refractivity contribution in [2.45, 2.75) is 19.4 Å². The first-order valence-electron chi connectivity index (χ1n) is 4.68. The van der Waals surface area contributed by atoms with E-state index in [1.165, 1.54) is 4.88 Å². The molecule has 1 aromatic rings. The van der Waals surface area contributed by atoms with Crippen LogP contribution in [0.25, 0.3) is 0 Å². The quantitative estimate of drug-likeness (QED) is 0.596. The van der Waals surface area contributed by atoms with E-state index >= 15 is 0 Å². The molecule has 14 heavy (non-hydrogen) atoms. The number of likely N-dealkylation sites (tertiary alicyclic amines) is 1. The molecule has 0 aliphatic carbocycles. The van der Waals surface area contributed by atoms with Crippen molar-refractivity contribution >= 4 is 17.0 Å². The first kappa shape index (κ1) is 9.61. The van der Waals surface area contributed by atoms with E-state index in [2.05, 4.69) is 15.0 Å². The summed E-state index contributed by atoms with van der Waals surface area (Å²) in [6.07, 6.45) is 3.69. The molecule has 1 aliphatic heterocycles. The summed E-state index contributed by atoms with van der Waals surface area (Å²) in [6, 6.07) is 0. The molecule has 1 aromatic heterocycles. The van der Waals surface area contributed by atoms with Crippen LogP contribution < -0.4 is 0 Å². The monoisotopic (exact) mass is 211 g/mol. The fourth-order valence-electron chi connectivity index (χ4n) is 1.61. The van der Waals surface area contributed by atoms with Crippen molar-refractivity contribution in [1.82, 2.24) is 9.88 Å². The van der Waals surface area contributed by atoms with Crippen LogP contribution in [0, 0.1) is 0 Å². The van der Waals surface area contributed by atoms with Gasteiger partial charge in [0.25, 0.3) is 0 Å². The van der Waals surface area contributed by atoms with Crippen LogP contribution in [-0.2, 0) is 6.54 Å². The standard InChI is InChI=1S/C9H13N3OS/c13-11-8-1-3-12(4-2-8)6-9-5-10-7-14-9/h5,7,13H,1-4,6H2. The lowest BCUT2D eigenvalue weighted by Gasteiger charge is -2.26. The molecule has 0 radical (unpaired) electrons. The van der Waals surface area contributed by atoms with Gasteiger partial charge in [-0.2, -0.15) is 0 Å². The van der Waals surface area contributed by atoms with Gasteiger partial charge < -0.3 is 5.21 Å². The molecule has 2 rings (SSSR count). The summed E-state index contributed by atoms with van der Waals surface area (Å²) in [5, 5.41) is 11.9. The molecule has 1 aliphatic rings.